The first-order valence-electron chi connectivity index (χ1n) is 11.6. The summed E-state index contributed by atoms with van der Waals surface area (Å²) in [6.07, 6.45) is 7.52. The van der Waals surface area contributed by atoms with E-state index in [-0.39, 0.29) is 28.0 Å². The zero-order valence-corrected chi connectivity index (χ0v) is 23.1. The fourth-order valence-electron chi connectivity index (χ4n) is 4.20. The van der Waals surface area contributed by atoms with E-state index in [2.05, 4.69) is 19.9 Å². The number of halogens is 3. The SMILES string of the molecule is CC1(C)CC(SCCCc2ccc(F)cc2)(SCCc2ccc(Cl)cc2Cl)C=CC1OCC(=O)O. The molecule has 190 valence electrons. The molecular formula is C27H31Cl2FO3S2. The second kappa shape index (κ2) is 12.9. The fourth-order valence-corrected chi connectivity index (χ4v) is 8.14. The Morgan fingerprint density at radius 3 is 2.49 bits per heavy atom. The molecule has 0 bridgehead atoms. The van der Waals surface area contributed by atoms with Gasteiger partial charge in [0.2, 0.25) is 0 Å². The van der Waals surface area contributed by atoms with Gasteiger partial charge in [0.25, 0.3) is 0 Å². The first kappa shape index (κ1) is 28.4. The van der Waals surface area contributed by atoms with Gasteiger partial charge >= 0.3 is 5.97 Å². The Morgan fingerprint density at radius 2 is 1.83 bits per heavy atom. The lowest BCUT2D eigenvalue weighted by Crippen LogP contribution is -2.41. The Labute approximate surface area is 225 Å². The highest BCUT2D eigenvalue weighted by atomic mass is 35.5. The van der Waals surface area contributed by atoms with E-state index in [9.17, 15) is 9.18 Å². The van der Waals surface area contributed by atoms with E-state index in [0.717, 1.165) is 48.3 Å². The summed E-state index contributed by atoms with van der Waals surface area (Å²) < 4.78 is 18.7. The third-order valence-corrected chi connectivity index (χ3v) is 9.72. The van der Waals surface area contributed by atoms with Crippen LogP contribution in [0.2, 0.25) is 10.0 Å². The number of thioether (sulfide) groups is 2. The number of carboxylic acid groups (broad SMARTS) is 1. The van der Waals surface area contributed by atoms with Gasteiger partial charge in [0, 0.05) is 10.0 Å². The second-order valence-electron chi connectivity index (χ2n) is 9.37. The number of benzene rings is 2. The van der Waals surface area contributed by atoms with E-state index in [1.807, 2.05) is 53.9 Å². The van der Waals surface area contributed by atoms with Crippen LogP contribution in [-0.4, -0.2) is 39.4 Å². The molecule has 1 aliphatic carbocycles. The van der Waals surface area contributed by atoms with E-state index in [0.29, 0.717) is 10.0 Å². The van der Waals surface area contributed by atoms with E-state index in [1.54, 1.807) is 6.07 Å². The predicted molar refractivity (Wildman–Crippen MR) is 147 cm³/mol. The minimum atomic E-state index is -0.963. The molecule has 2 unspecified atom stereocenters. The number of aryl methyl sites for hydroxylation is 2. The summed E-state index contributed by atoms with van der Waals surface area (Å²) in [5, 5.41) is 10.3. The molecular weight excluding hydrogens is 526 g/mol. The van der Waals surface area contributed by atoms with Crippen LogP contribution in [-0.2, 0) is 22.4 Å². The Morgan fingerprint density at radius 1 is 1.11 bits per heavy atom. The molecule has 3 rings (SSSR count). The minimum Gasteiger partial charge on any atom is -0.480 e. The molecule has 0 radical (unpaired) electrons. The number of carboxylic acids is 1. The molecule has 0 spiro atoms. The molecule has 8 heteroatoms. The largest absolute Gasteiger partial charge is 0.480 e. The fraction of sp³-hybridized carbons (Fsp3) is 0.444. The minimum absolute atomic E-state index is 0.158. The number of hydrogen-bond acceptors (Lipinski definition) is 4. The number of aliphatic carboxylic acids is 1. The van der Waals surface area contributed by atoms with Gasteiger partial charge in [-0.3, -0.25) is 0 Å². The molecule has 2 atom stereocenters. The van der Waals surface area contributed by atoms with E-state index < -0.39 is 5.97 Å². The monoisotopic (exact) mass is 556 g/mol. The van der Waals surface area contributed by atoms with Gasteiger partial charge in [-0.2, -0.15) is 0 Å². The van der Waals surface area contributed by atoms with Crippen molar-refractivity contribution in [2.45, 2.75) is 49.7 Å². The maximum atomic E-state index is 13.2. The van der Waals surface area contributed by atoms with Crippen molar-refractivity contribution in [1.82, 2.24) is 0 Å². The van der Waals surface area contributed by atoms with E-state index in [1.165, 1.54) is 12.1 Å². The first-order valence-corrected chi connectivity index (χ1v) is 14.3. The third-order valence-electron chi connectivity index (χ3n) is 5.99. The maximum absolute atomic E-state index is 13.2. The summed E-state index contributed by atoms with van der Waals surface area (Å²) in [7, 11) is 0. The number of ether oxygens (including phenoxy) is 1. The molecule has 0 heterocycles. The smallest absolute Gasteiger partial charge is 0.329 e. The molecule has 0 fully saturated rings. The van der Waals surface area contributed by atoms with Gasteiger partial charge < -0.3 is 9.84 Å². The van der Waals surface area contributed by atoms with Crippen molar-refractivity contribution in [2.24, 2.45) is 5.41 Å². The summed E-state index contributed by atoms with van der Waals surface area (Å²) in [4.78, 5) is 11.0. The van der Waals surface area contributed by atoms with Gasteiger partial charge in [0.05, 0.1) is 10.2 Å². The van der Waals surface area contributed by atoms with Gasteiger partial charge in [-0.05, 0) is 78.0 Å². The molecule has 0 saturated carbocycles. The lowest BCUT2D eigenvalue weighted by Gasteiger charge is -2.44. The zero-order chi connectivity index (χ0) is 25.5. The van der Waals surface area contributed by atoms with Crippen molar-refractivity contribution in [3.8, 4) is 0 Å². The van der Waals surface area contributed by atoms with Gasteiger partial charge in [0.15, 0.2) is 0 Å². The van der Waals surface area contributed by atoms with Gasteiger partial charge in [-0.15, -0.1) is 23.5 Å². The molecule has 0 amide bonds. The Balaban J connectivity index is 1.67. The summed E-state index contributed by atoms with van der Waals surface area (Å²) in [6.45, 7) is 3.96. The summed E-state index contributed by atoms with van der Waals surface area (Å²) in [5.74, 6) is 0.657. The molecule has 35 heavy (non-hydrogen) atoms. The topological polar surface area (TPSA) is 46.5 Å². The van der Waals surface area contributed by atoms with Crippen molar-refractivity contribution in [2.75, 3.05) is 18.1 Å². The van der Waals surface area contributed by atoms with Crippen LogP contribution < -0.4 is 0 Å². The lowest BCUT2D eigenvalue weighted by molar-refractivity contribution is -0.145. The second-order valence-corrected chi connectivity index (χ2v) is 13.3. The summed E-state index contributed by atoms with van der Waals surface area (Å²) >= 11 is 16.2. The molecule has 1 N–H and O–H groups in total. The maximum Gasteiger partial charge on any atom is 0.329 e. The quantitative estimate of drug-likeness (QED) is 0.163. The van der Waals surface area contributed by atoms with Crippen LogP contribution in [0.5, 0.6) is 0 Å². The molecule has 0 saturated heterocycles. The van der Waals surface area contributed by atoms with Gasteiger partial charge in [-0.1, -0.05) is 67.4 Å². The molecule has 1 aliphatic rings. The van der Waals surface area contributed by atoms with Gasteiger partial charge in [0.1, 0.15) is 12.4 Å². The van der Waals surface area contributed by atoms with Crippen LogP contribution in [0, 0.1) is 11.2 Å². The van der Waals surface area contributed by atoms with Crippen molar-refractivity contribution < 1.29 is 19.0 Å². The molecule has 0 aliphatic heterocycles. The molecule has 2 aromatic carbocycles. The zero-order valence-electron chi connectivity index (χ0n) is 19.9. The highest BCUT2D eigenvalue weighted by Crippen LogP contribution is 2.52. The Kier molecular flexibility index (Phi) is 10.4. The molecule has 2 aromatic rings. The normalized spacial score (nSPS) is 21.2. The molecule has 0 aromatic heterocycles. The standard InChI is InChI=1S/C27H31Cl2FO3S2/c1-26(2)18-27(13-11-24(26)33-17-25(31)32,34-14-3-4-19-5-9-22(30)10-6-19)35-15-12-20-7-8-21(28)16-23(20)29/h5-11,13,16,24H,3-4,12,14-15,17-18H2,1-2H3,(H,31,32). The van der Waals surface area contributed by atoms with Crippen LogP contribution in [0.4, 0.5) is 4.39 Å². The highest BCUT2D eigenvalue weighted by Gasteiger charge is 2.43. The average Bonchev–Trinajstić information content (AvgIpc) is 2.78. The van der Waals surface area contributed by atoms with Crippen LogP contribution in [0.3, 0.4) is 0 Å². The molecule has 3 nitrogen and oxygen atoms in total. The summed E-state index contributed by atoms with van der Waals surface area (Å²) in [6, 6.07) is 12.3. The van der Waals surface area contributed by atoms with Crippen molar-refractivity contribution in [3.05, 3.63) is 81.6 Å². The van der Waals surface area contributed by atoms with E-state index in [4.69, 9.17) is 33.0 Å². The number of carbonyl (C=O) groups is 1. The lowest BCUT2D eigenvalue weighted by atomic mass is 9.78. The van der Waals surface area contributed by atoms with Crippen LogP contribution in [0.25, 0.3) is 0 Å². The van der Waals surface area contributed by atoms with Crippen LogP contribution >= 0.6 is 46.7 Å². The Hall–Kier alpha value is -1.18. The average molecular weight is 558 g/mol. The van der Waals surface area contributed by atoms with Gasteiger partial charge in [-0.25, -0.2) is 9.18 Å². The third kappa shape index (κ3) is 8.71. The predicted octanol–water partition coefficient (Wildman–Crippen LogP) is 7.93. The number of hydrogen-bond donors (Lipinski definition) is 1. The van der Waals surface area contributed by atoms with Crippen LogP contribution in [0.15, 0.2) is 54.6 Å². The van der Waals surface area contributed by atoms with Crippen LogP contribution in [0.1, 0.15) is 37.8 Å². The van der Waals surface area contributed by atoms with Crippen molar-refractivity contribution in [3.63, 3.8) is 0 Å². The van der Waals surface area contributed by atoms with Crippen molar-refractivity contribution >= 4 is 52.7 Å². The highest BCUT2D eigenvalue weighted by molar-refractivity contribution is 8.18. The Bertz CT molecular complexity index is 1030. The number of rotatable bonds is 12. The first-order chi connectivity index (χ1) is 16.6. The van der Waals surface area contributed by atoms with Crippen molar-refractivity contribution in [1.29, 1.82) is 0 Å². The van der Waals surface area contributed by atoms with E-state index >= 15 is 0 Å². The summed E-state index contributed by atoms with van der Waals surface area (Å²) in [5.41, 5.74) is 1.98.